The number of amides is 1. The van der Waals surface area contributed by atoms with Gasteiger partial charge in [0.25, 0.3) is 0 Å². The van der Waals surface area contributed by atoms with Crippen LogP contribution in [0.3, 0.4) is 0 Å². The van der Waals surface area contributed by atoms with Crippen LogP contribution in [0.2, 0.25) is 0 Å². The summed E-state index contributed by atoms with van der Waals surface area (Å²) in [4.78, 5) is 14.8. The van der Waals surface area contributed by atoms with Crippen molar-refractivity contribution in [3.8, 4) is 5.75 Å². The summed E-state index contributed by atoms with van der Waals surface area (Å²) in [5, 5.41) is 6.67. The van der Waals surface area contributed by atoms with Crippen LogP contribution in [0.5, 0.6) is 5.75 Å². The Balaban J connectivity index is 1.64. The SMILES string of the molecule is COc1ccccc1C1CNCCN1CC(=O)NC1CCCCC1. The van der Waals surface area contributed by atoms with Crippen LogP contribution in [-0.2, 0) is 4.79 Å². The average Bonchev–Trinajstić information content (AvgIpc) is 2.63. The molecule has 1 amide bonds. The highest BCUT2D eigenvalue weighted by molar-refractivity contribution is 5.78. The first kappa shape index (κ1) is 17.2. The molecule has 1 heterocycles. The van der Waals surface area contributed by atoms with Crippen molar-refractivity contribution >= 4 is 5.91 Å². The van der Waals surface area contributed by atoms with E-state index in [2.05, 4.69) is 21.6 Å². The van der Waals surface area contributed by atoms with Crippen molar-refractivity contribution in [3.63, 3.8) is 0 Å². The van der Waals surface area contributed by atoms with Crippen LogP contribution in [-0.4, -0.2) is 50.1 Å². The third-order valence-corrected chi connectivity index (χ3v) is 5.17. The van der Waals surface area contributed by atoms with Gasteiger partial charge in [-0.1, -0.05) is 37.5 Å². The summed E-state index contributed by atoms with van der Waals surface area (Å²) in [5.74, 6) is 1.05. The zero-order valence-corrected chi connectivity index (χ0v) is 14.6. The van der Waals surface area contributed by atoms with E-state index >= 15 is 0 Å². The first-order chi connectivity index (χ1) is 11.8. The minimum absolute atomic E-state index is 0.156. The maximum Gasteiger partial charge on any atom is 0.234 e. The quantitative estimate of drug-likeness (QED) is 0.867. The van der Waals surface area contributed by atoms with Crippen molar-refractivity contribution in [3.05, 3.63) is 29.8 Å². The van der Waals surface area contributed by atoms with Crippen LogP contribution in [0.4, 0.5) is 0 Å². The molecule has 2 N–H and O–H groups in total. The van der Waals surface area contributed by atoms with Gasteiger partial charge in [-0.05, 0) is 18.9 Å². The van der Waals surface area contributed by atoms with Crippen molar-refractivity contribution in [1.29, 1.82) is 0 Å². The van der Waals surface area contributed by atoms with Gasteiger partial charge in [0.1, 0.15) is 5.75 Å². The molecule has 2 fully saturated rings. The summed E-state index contributed by atoms with van der Waals surface area (Å²) in [6, 6.07) is 8.66. The van der Waals surface area contributed by atoms with Gasteiger partial charge in [0, 0.05) is 31.2 Å². The zero-order valence-electron chi connectivity index (χ0n) is 14.6. The zero-order chi connectivity index (χ0) is 16.8. The van der Waals surface area contributed by atoms with Crippen LogP contribution in [0.25, 0.3) is 0 Å². The number of carbonyl (C=O) groups excluding carboxylic acids is 1. The van der Waals surface area contributed by atoms with E-state index < -0.39 is 0 Å². The number of hydrogen-bond donors (Lipinski definition) is 2. The summed E-state index contributed by atoms with van der Waals surface area (Å²) >= 11 is 0. The second-order valence-electron chi connectivity index (χ2n) is 6.83. The Kier molecular flexibility index (Phi) is 6.10. The predicted molar refractivity (Wildman–Crippen MR) is 95.2 cm³/mol. The second kappa shape index (κ2) is 8.49. The van der Waals surface area contributed by atoms with Crippen LogP contribution >= 0.6 is 0 Å². The molecule has 1 aliphatic heterocycles. The summed E-state index contributed by atoms with van der Waals surface area (Å²) in [6.07, 6.45) is 6.04. The largest absolute Gasteiger partial charge is 0.496 e. The van der Waals surface area contributed by atoms with Crippen molar-refractivity contribution in [1.82, 2.24) is 15.5 Å². The van der Waals surface area contributed by atoms with Crippen LogP contribution in [0, 0.1) is 0 Å². The van der Waals surface area contributed by atoms with Gasteiger partial charge >= 0.3 is 0 Å². The summed E-state index contributed by atoms with van der Waals surface area (Å²) < 4.78 is 5.52. The van der Waals surface area contributed by atoms with Crippen molar-refractivity contribution < 1.29 is 9.53 Å². The highest BCUT2D eigenvalue weighted by atomic mass is 16.5. The number of methoxy groups -OCH3 is 1. The highest BCUT2D eigenvalue weighted by Gasteiger charge is 2.28. The molecule has 1 saturated heterocycles. The Morgan fingerprint density at radius 2 is 2.08 bits per heavy atom. The number of para-hydroxylation sites is 1. The van der Waals surface area contributed by atoms with Crippen LogP contribution in [0.1, 0.15) is 43.7 Å². The van der Waals surface area contributed by atoms with Gasteiger partial charge in [0.05, 0.1) is 19.7 Å². The maximum absolute atomic E-state index is 12.5. The number of hydrogen-bond acceptors (Lipinski definition) is 4. The molecular formula is C19H29N3O2. The summed E-state index contributed by atoms with van der Waals surface area (Å²) in [7, 11) is 1.70. The lowest BCUT2D eigenvalue weighted by Crippen LogP contribution is -2.50. The van der Waals surface area contributed by atoms with Gasteiger partial charge in [-0.15, -0.1) is 0 Å². The number of benzene rings is 1. The predicted octanol–water partition coefficient (Wildman–Crippen LogP) is 2.09. The number of nitrogens with one attached hydrogen (secondary N) is 2. The molecule has 1 aromatic carbocycles. The van der Waals surface area contributed by atoms with Gasteiger partial charge in [-0.25, -0.2) is 0 Å². The molecule has 24 heavy (non-hydrogen) atoms. The molecule has 0 aromatic heterocycles. The van der Waals surface area contributed by atoms with E-state index in [1.54, 1.807) is 7.11 Å². The second-order valence-corrected chi connectivity index (χ2v) is 6.83. The molecule has 0 bridgehead atoms. The fourth-order valence-corrected chi connectivity index (χ4v) is 3.89. The lowest BCUT2D eigenvalue weighted by molar-refractivity contribution is -0.124. The number of nitrogens with zero attached hydrogens (tertiary/aromatic N) is 1. The molecule has 0 radical (unpaired) electrons. The third kappa shape index (κ3) is 4.28. The van der Waals surface area contributed by atoms with E-state index in [-0.39, 0.29) is 11.9 Å². The molecule has 5 heteroatoms. The first-order valence-electron chi connectivity index (χ1n) is 9.15. The molecule has 5 nitrogen and oxygen atoms in total. The minimum Gasteiger partial charge on any atom is -0.496 e. The first-order valence-corrected chi connectivity index (χ1v) is 9.15. The van der Waals surface area contributed by atoms with E-state index in [0.717, 1.165) is 43.8 Å². The topological polar surface area (TPSA) is 53.6 Å². The molecule has 1 saturated carbocycles. The van der Waals surface area contributed by atoms with E-state index in [1.165, 1.54) is 19.3 Å². The Labute approximate surface area is 144 Å². The highest BCUT2D eigenvalue weighted by Crippen LogP contribution is 2.29. The van der Waals surface area contributed by atoms with Crippen molar-refractivity contribution in [2.45, 2.75) is 44.2 Å². The standard InChI is InChI=1S/C19H29N3O2/c1-24-18-10-6-5-9-16(18)17-13-20-11-12-22(17)14-19(23)21-15-7-3-2-4-8-15/h5-6,9-10,15,17,20H,2-4,7-8,11-14H2,1H3,(H,21,23). The van der Waals surface area contributed by atoms with Gasteiger partial charge in [-0.3, -0.25) is 9.69 Å². The van der Waals surface area contributed by atoms with Gasteiger partial charge in [-0.2, -0.15) is 0 Å². The van der Waals surface area contributed by atoms with Crippen LogP contribution < -0.4 is 15.4 Å². The molecule has 1 atom stereocenters. The average molecular weight is 331 g/mol. The van der Waals surface area contributed by atoms with E-state index in [1.807, 2.05) is 18.2 Å². The number of piperazine rings is 1. The molecule has 1 unspecified atom stereocenters. The lowest BCUT2D eigenvalue weighted by atomic mass is 9.95. The van der Waals surface area contributed by atoms with E-state index in [4.69, 9.17) is 4.74 Å². The Hall–Kier alpha value is -1.59. The molecule has 2 aliphatic rings. The molecule has 1 aromatic rings. The number of rotatable bonds is 5. The fraction of sp³-hybridized carbons (Fsp3) is 0.632. The van der Waals surface area contributed by atoms with Gasteiger partial charge in [0.2, 0.25) is 5.91 Å². The molecular weight excluding hydrogens is 302 g/mol. The normalized spacial score (nSPS) is 23.0. The minimum atomic E-state index is 0.156. The fourth-order valence-electron chi connectivity index (χ4n) is 3.89. The number of ether oxygens (including phenoxy) is 1. The van der Waals surface area contributed by atoms with Gasteiger partial charge in [0.15, 0.2) is 0 Å². The smallest absolute Gasteiger partial charge is 0.234 e. The third-order valence-electron chi connectivity index (χ3n) is 5.17. The van der Waals surface area contributed by atoms with Gasteiger partial charge < -0.3 is 15.4 Å². The molecule has 0 spiro atoms. The van der Waals surface area contributed by atoms with E-state index in [9.17, 15) is 4.79 Å². The Morgan fingerprint density at radius 3 is 2.88 bits per heavy atom. The Morgan fingerprint density at radius 1 is 1.29 bits per heavy atom. The maximum atomic E-state index is 12.5. The van der Waals surface area contributed by atoms with Crippen LogP contribution in [0.15, 0.2) is 24.3 Å². The van der Waals surface area contributed by atoms with Crippen molar-refractivity contribution in [2.24, 2.45) is 0 Å². The number of carbonyl (C=O) groups is 1. The lowest BCUT2D eigenvalue weighted by Gasteiger charge is -2.37. The summed E-state index contributed by atoms with van der Waals surface area (Å²) in [6.45, 7) is 3.10. The molecule has 132 valence electrons. The van der Waals surface area contributed by atoms with Crippen molar-refractivity contribution in [2.75, 3.05) is 33.3 Å². The monoisotopic (exact) mass is 331 g/mol. The Bertz CT molecular complexity index is 543. The molecule has 3 rings (SSSR count). The molecule has 1 aliphatic carbocycles. The van der Waals surface area contributed by atoms with E-state index in [0.29, 0.717) is 12.6 Å². The summed E-state index contributed by atoms with van der Waals surface area (Å²) in [5.41, 5.74) is 1.15.